The minimum Gasteiger partial charge on any atom is -0.409 e. The zero-order valence-corrected chi connectivity index (χ0v) is 11.1. The Kier molecular flexibility index (Phi) is 5.55. The Labute approximate surface area is 112 Å². The number of amidine groups is 1. The van der Waals surface area contributed by atoms with E-state index in [-0.39, 0.29) is 0 Å². The van der Waals surface area contributed by atoms with Crippen LogP contribution in [0.1, 0.15) is 10.7 Å². The van der Waals surface area contributed by atoms with Gasteiger partial charge in [-0.2, -0.15) is 13.2 Å². The molecule has 0 radical (unpaired) electrons. The van der Waals surface area contributed by atoms with Gasteiger partial charge in [0.1, 0.15) is 5.92 Å². The zero-order valence-electron chi connectivity index (χ0n) is 10.2. The largest absolute Gasteiger partial charge is 0.409 e. The summed E-state index contributed by atoms with van der Waals surface area (Å²) < 4.78 is 37.8. The van der Waals surface area contributed by atoms with E-state index in [0.717, 1.165) is 10.7 Å². The Balaban J connectivity index is 2.41. The van der Waals surface area contributed by atoms with Crippen molar-refractivity contribution in [2.45, 2.75) is 19.5 Å². The number of aromatic nitrogens is 1. The van der Waals surface area contributed by atoms with Gasteiger partial charge in [0, 0.05) is 24.9 Å². The number of halogens is 3. The predicted octanol–water partition coefficient (Wildman–Crippen LogP) is 1.51. The van der Waals surface area contributed by atoms with Gasteiger partial charge in [-0.3, -0.25) is 0 Å². The first kappa shape index (κ1) is 15.7. The lowest BCUT2D eigenvalue weighted by atomic mass is 10.1. The Bertz CT molecular complexity index is 433. The Morgan fingerprint density at radius 2 is 2.32 bits per heavy atom. The number of nitrogens with one attached hydrogen (secondary N) is 1. The number of oxime groups is 1. The normalized spacial score (nSPS) is 14.6. The highest BCUT2D eigenvalue weighted by Gasteiger charge is 2.42. The number of nitrogens with two attached hydrogens (primary N) is 1. The van der Waals surface area contributed by atoms with E-state index in [1.807, 2.05) is 12.3 Å². The van der Waals surface area contributed by atoms with Crippen LogP contribution in [-0.4, -0.2) is 35.3 Å². The molecule has 0 aromatic carbocycles. The van der Waals surface area contributed by atoms with Crippen LogP contribution in [0.3, 0.4) is 0 Å². The summed E-state index contributed by atoms with van der Waals surface area (Å²) in [7, 11) is 0. The second-order valence-corrected chi connectivity index (χ2v) is 4.99. The summed E-state index contributed by atoms with van der Waals surface area (Å²) in [6, 6.07) is 0. The molecule has 1 unspecified atom stereocenters. The molecule has 0 aliphatic heterocycles. The molecule has 108 valence electrons. The third kappa shape index (κ3) is 5.03. The molecule has 0 aliphatic carbocycles. The molecule has 1 aromatic heterocycles. The molecule has 0 fully saturated rings. The SMILES string of the molecule is Cc1nc(CCNCC(C(N)=NO)C(F)(F)F)cs1. The van der Waals surface area contributed by atoms with Gasteiger partial charge in [0.25, 0.3) is 0 Å². The standard InChI is InChI=1S/C10H15F3N4OS/c1-6-16-7(5-19-6)2-3-15-4-8(9(14)17-18)10(11,12)13/h5,8,15,18H,2-4H2,1H3,(H2,14,17). The highest BCUT2D eigenvalue weighted by Crippen LogP contribution is 2.25. The zero-order chi connectivity index (χ0) is 14.5. The number of rotatable bonds is 6. The maximum Gasteiger partial charge on any atom is 0.400 e. The van der Waals surface area contributed by atoms with Crippen molar-refractivity contribution in [2.75, 3.05) is 13.1 Å². The fourth-order valence-electron chi connectivity index (χ4n) is 1.44. The average Bonchev–Trinajstić information content (AvgIpc) is 2.72. The average molecular weight is 296 g/mol. The third-order valence-corrected chi connectivity index (χ3v) is 3.26. The smallest absolute Gasteiger partial charge is 0.400 e. The van der Waals surface area contributed by atoms with Gasteiger partial charge in [0.15, 0.2) is 5.84 Å². The van der Waals surface area contributed by atoms with Gasteiger partial charge >= 0.3 is 6.18 Å². The molecule has 0 spiro atoms. The lowest BCUT2D eigenvalue weighted by molar-refractivity contribution is -0.154. The van der Waals surface area contributed by atoms with E-state index >= 15 is 0 Å². The van der Waals surface area contributed by atoms with Crippen LogP contribution in [-0.2, 0) is 6.42 Å². The molecule has 0 saturated carbocycles. The van der Waals surface area contributed by atoms with Crippen molar-refractivity contribution >= 4 is 17.2 Å². The first-order chi connectivity index (χ1) is 8.84. The van der Waals surface area contributed by atoms with Crippen molar-refractivity contribution in [1.82, 2.24) is 10.3 Å². The molecule has 4 N–H and O–H groups in total. The number of alkyl halides is 3. The van der Waals surface area contributed by atoms with Crippen LogP contribution in [0.4, 0.5) is 13.2 Å². The summed E-state index contributed by atoms with van der Waals surface area (Å²) in [5.74, 6) is -2.83. The maximum atomic E-state index is 12.6. The molecule has 1 rings (SSSR count). The van der Waals surface area contributed by atoms with E-state index < -0.39 is 24.5 Å². The minimum absolute atomic E-state index is 0.342. The lowest BCUT2D eigenvalue weighted by Crippen LogP contribution is -2.43. The highest BCUT2D eigenvalue weighted by molar-refractivity contribution is 7.09. The van der Waals surface area contributed by atoms with Gasteiger partial charge in [0.05, 0.1) is 10.7 Å². The van der Waals surface area contributed by atoms with Crippen molar-refractivity contribution in [3.63, 3.8) is 0 Å². The minimum atomic E-state index is -4.54. The van der Waals surface area contributed by atoms with Crippen LogP contribution >= 0.6 is 11.3 Å². The number of nitrogens with zero attached hydrogens (tertiary/aromatic N) is 2. The molecule has 0 amide bonds. The van der Waals surface area contributed by atoms with Crippen LogP contribution in [0.15, 0.2) is 10.5 Å². The molecule has 5 nitrogen and oxygen atoms in total. The molecule has 1 aromatic rings. The summed E-state index contributed by atoms with van der Waals surface area (Å²) in [5.41, 5.74) is 5.86. The number of thiazole rings is 1. The van der Waals surface area contributed by atoms with E-state index in [4.69, 9.17) is 10.9 Å². The van der Waals surface area contributed by atoms with Crippen LogP contribution in [0.25, 0.3) is 0 Å². The third-order valence-electron chi connectivity index (χ3n) is 2.44. The molecule has 1 heterocycles. The molecule has 0 aliphatic rings. The topological polar surface area (TPSA) is 83.5 Å². The maximum absolute atomic E-state index is 12.6. The highest BCUT2D eigenvalue weighted by atomic mass is 32.1. The second kappa shape index (κ2) is 6.71. The van der Waals surface area contributed by atoms with Gasteiger partial charge in [0.2, 0.25) is 0 Å². The summed E-state index contributed by atoms with van der Waals surface area (Å²) in [6.45, 7) is 1.77. The number of aryl methyl sites for hydroxylation is 1. The molecule has 0 bridgehead atoms. The van der Waals surface area contributed by atoms with Crippen molar-refractivity contribution in [3.05, 3.63) is 16.1 Å². The first-order valence-corrected chi connectivity index (χ1v) is 6.38. The number of hydrogen-bond donors (Lipinski definition) is 3. The fourth-order valence-corrected chi connectivity index (χ4v) is 2.09. The fraction of sp³-hybridized carbons (Fsp3) is 0.600. The quantitative estimate of drug-likeness (QED) is 0.244. The van der Waals surface area contributed by atoms with Crippen LogP contribution in [0.5, 0.6) is 0 Å². The second-order valence-electron chi connectivity index (χ2n) is 3.93. The molecule has 0 saturated heterocycles. The van der Waals surface area contributed by atoms with Crippen LogP contribution < -0.4 is 11.1 Å². The Hall–Kier alpha value is -1.35. The van der Waals surface area contributed by atoms with Crippen molar-refractivity contribution in [2.24, 2.45) is 16.8 Å². The van der Waals surface area contributed by atoms with E-state index in [2.05, 4.69) is 15.5 Å². The van der Waals surface area contributed by atoms with Crippen LogP contribution in [0.2, 0.25) is 0 Å². The molecule has 9 heteroatoms. The molecular weight excluding hydrogens is 281 g/mol. The summed E-state index contributed by atoms with van der Waals surface area (Å²) >= 11 is 1.49. The summed E-state index contributed by atoms with van der Waals surface area (Å²) in [6.07, 6.45) is -4.01. The van der Waals surface area contributed by atoms with Gasteiger partial charge in [-0.1, -0.05) is 5.16 Å². The van der Waals surface area contributed by atoms with Crippen molar-refractivity contribution < 1.29 is 18.4 Å². The van der Waals surface area contributed by atoms with Gasteiger partial charge < -0.3 is 16.3 Å². The Morgan fingerprint density at radius 3 is 2.79 bits per heavy atom. The molecule has 1 atom stereocenters. The van der Waals surface area contributed by atoms with Crippen LogP contribution in [0, 0.1) is 12.8 Å². The lowest BCUT2D eigenvalue weighted by Gasteiger charge is -2.19. The van der Waals surface area contributed by atoms with Crippen molar-refractivity contribution in [3.8, 4) is 0 Å². The van der Waals surface area contributed by atoms with E-state index in [1.165, 1.54) is 11.3 Å². The molecule has 19 heavy (non-hydrogen) atoms. The summed E-state index contributed by atoms with van der Waals surface area (Å²) in [5, 5.41) is 16.2. The van der Waals surface area contributed by atoms with Gasteiger partial charge in [-0.15, -0.1) is 11.3 Å². The molecular formula is C10H15F3N4OS. The predicted molar refractivity (Wildman–Crippen MR) is 66.4 cm³/mol. The van der Waals surface area contributed by atoms with E-state index in [1.54, 1.807) is 0 Å². The van der Waals surface area contributed by atoms with E-state index in [9.17, 15) is 13.2 Å². The van der Waals surface area contributed by atoms with Gasteiger partial charge in [-0.05, 0) is 6.92 Å². The number of hydrogen-bond acceptors (Lipinski definition) is 5. The monoisotopic (exact) mass is 296 g/mol. The summed E-state index contributed by atoms with van der Waals surface area (Å²) in [4.78, 5) is 4.20. The Morgan fingerprint density at radius 1 is 1.63 bits per heavy atom. The van der Waals surface area contributed by atoms with Crippen molar-refractivity contribution in [1.29, 1.82) is 0 Å². The van der Waals surface area contributed by atoms with Gasteiger partial charge in [-0.25, -0.2) is 4.98 Å². The van der Waals surface area contributed by atoms with E-state index in [0.29, 0.717) is 13.0 Å². The first-order valence-electron chi connectivity index (χ1n) is 5.50.